The molecule has 0 spiro atoms. The minimum absolute atomic E-state index is 0.195. The molecule has 5 heteroatoms. The van der Waals surface area contributed by atoms with Gasteiger partial charge in [0.1, 0.15) is 6.10 Å². The summed E-state index contributed by atoms with van der Waals surface area (Å²) in [6.07, 6.45) is 0.635. The summed E-state index contributed by atoms with van der Waals surface area (Å²) in [6, 6.07) is 17.1. The van der Waals surface area contributed by atoms with Gasteiger partial charge in [0.15, 0.2) is 9.84 Å². The Balaban J connectivity index is 2.13. The molecule has 2 aromatic carbocycles. The first-order valence-corrected chi connectivity index (χ1v) is 8.24. The zero-order chi connectivity index (χ0) is 16.0. The number of ether oxygens (including phenoxy) is 1. The predicted molar refractivity (Wildman–Crippen MR) is 83.2 cm³/mol. The predicted octanol–water partition coefficient (Wildman–Crippen LogP) is 3.13. The highest BCUT2D eigenvalue weighted by Gasteiger charge is 2.21. The van der Waals surface area contributed by atoms with Crippen molar-refractivity contribution in [2.24, 2.45) is 0 Å². The summed E-state index contributed by atoms with van der Waals surface area (Å²) < 4.78 is 29.6. The van der Waals surface area contributed by atoms with Crippen molar-refractivity contribution in [2.75, 3.05) is 0 Å². The van der Waals surface area contributed by atoms with Crippen molar-refractivity contribution in [2.45, 2.75) is 17.9 Å². The summed E-state index contributed by atoms with van der Waals surface area (Å²) in [5.41, 5.74) is 0.706. The number of carbonyl (C=O) groups is 1. The molecule has 0 saturated carbocycles. The van der Waals surface area contributed by atoms with E-state index in [2.05, 4.69) is 0 Å². The van der Waals surface area contributed by atoms with E-state index >= 15 is 0 Å². The lowest BCUT2D eigenvalue weighted by atomic mass is 10.1. The van der Waals surface area contributed by atoms with Crippen LogP contribution in [-0.4, -0.2) is 14.4 Å². The number of sulfone groups is 1. The van der Waals surface area contributed by atoms with Gasteiger partial charge in [-0.3, -0.25) is 4.79 Å². The molecule has 0 bridgehead atoms. The third-order valence-electron chi connectivity index (χ3n) is 2.93. The van der Waals surface area contributed by atoms with E-state index in [9.17, 15) is 13.2 Å². The molecule has 0 aliphatic carbocycles. The van der Waals surface area contributed by atoms with Crippen molar-refractivity contribution in [3.63, 3.8) is 0 Å². The van der Waals surface area contributed by atoms with Crippen LogP contribution < -0.4 is 0 Å². The van der Waals surface area contributed by atoms with Crippen molar-refractivity contribution in [1.29, 1.82) is 0 Å². The molecule has 22 heavy (non-hydrogen) atoms. The fourth-order valence-electron chi connectivity index (χ4n) is 1.90. The van der Waals surface area contributed by atoms with E-state index in [-0.39, 0.29) is 4.90 Å². The van der Waals surface area contributed by atoms with Crippen LogP contribution in [-0.2, 0) is 19.4 Å². The van der Waals surface area contributed by atoms with Crippen molar-refractivity contribution in [1.82, 2.24) is 0 Å². The molecule has 0 aliphatic rings. The summed E-state index contributed by atoms with van der Waals surface area (Å²) in [6.45, 7) is 1.29. The second-order valence-electron chi connectivity index (χ2n) is 4.63. The smallest absolute Gasteiger partial charge is 0.303 e. The molecule has 114 valence electrons. The van der Waals surface area contributed by atoms with Gasteiger partial charge in [-0.1, -0.05) is 48.5 Å². The second-order valence-corrected chi connectivity index (χ2v) is 6.46. The average Bonchev–Trinajstić information content (AvgIpc) is 2.53. The molecule has 1 unspecified atom stereocenters. The minimum Gasteiger partial charge on any atom is -0.457 e. The van der Waals surface area contributed by atoms with Gasteiger partial charge in [0.2, 0.25) is 0 Å². The first-order valence-electron chi connectivity index (χ1n) is 6.69. The molecular weight excluding hydrogens is 300 g/mol. The Morgan fingerprint density at radius 3 is 2.09 bits per heavy atom. The number of hydrogen-bond acceptors (Lipinski definition) is 4. The first-order chi connectivity index (χ1) is 10.5. The zero-order valence-electron chi connectivity index (χ0n) is 12.0. The van der Waals surface area contributed by atoms with E-state index in [1.54, 1.807) is 42.5 Å². The summed E-state index contributed by atoms with van der Waals surface area (Å²) in [5, 5.41) is 0. The molecule has 0 amide bonds. The Morgan fingerprint density at radius 2 is 1.55 bits per heavy atom. The van der Waals surface area contributed by atoms with Gasteiger partial charge in [-0.2, -0.15) is 0 Å². The lowest BCUT2D eigenvalue weighted by Crippen LogP contribution is -2.12. The number of benzene rings is 2. The SMILES string of the molecule is CC(=O)OC([CH][CH]S(=O)(=O)c1ccccc1)c1ccccc1. The van der Waals surface area contributed by atoms with Gasteiger partial charge in [0.05, 0.1) is 10.6 Å². The van der Waals surface area contributed by atoms with Crippen LogP contribution in [0.3, 0.4) is 0 Å². The van der Waals surface area contributed by atoms with E-state index in [0.29, 0.717) is 5.56 Å². The molecule has 2 radical (unpaired) electrons. The molecule has 2 aromatic rings. The summed E-state index contributed by atoms with van der Waals surface area (Å²) in [7, 11) is -3.57. The van der Waals surface area contributed by atoms with Gasteiger partial charge in [0, 0.05) is 13.3 Å². The normalized spacial score (nSPS) is 12.6. The van der Waals surface area contributed by atoms with Gasteiger partial charge >= 0.3 is 5.97 Å². The largest absolute Gasteiger partial charge is 0.457 e. The second kappa shape index (κ2) is 7.22. The molecule has 0 heterocycles. The van der Waals surface area contributed by atoms with E-state index in [1.807, 2.05) is 6.07 Å². The van der Waals surface area contributed by atoms with Crippen molar-refractivity contribution in [3.05, 3.63) is 78.4 Å². The van der Waals surface area contributed by atoms with Crippen LogP contribution in [0, 0.1) is 12.2 Å². The van der Waals surface area contributed by atoms with Crippen LogP contribution in [0.4, 0.5) is 0 Å². The average molecular weight is 316 g/mol. The summed E-state index contributed by atoms with van der Waals surface area (Å²) >= 11 is 0. The Morgan fingerprint density at radius 1 is 1.00 bits per heavy atom. The maximum absolute atomic E-state index is 12.2. The van der Waals surface area contributed by atoms with E-state index in [0.717, 1.165) is 5.75 Å². The number of carbonyl (C=O) groups excluding carboxylic acids is 1. The lowest BCUT2D eigenvalue weighted by molar-refractivity contribution is -0.145. The molecule has 0 N–H and O–H groups in total. The maximum atomic E-state index is 12.2. The molecule has 2 rings (SSSR count). The summed E-state index contributed by atoms with van der Waals surface area (Å²) in [5.74, 6) is 0.596. The van der Waals surface area contributed by atoms with E-state index in [1.165, 1.54) is 25.5 Å². The third-order valence-corrected chi connectivity index (χ3v) is 4.37. The molecule has 4 nitrogen and oxygen atoms in total. The lowest BCUT2D eigenvalue weighted by Gasteiger charge is -2.17. The Bertz CT molecular complexity index is 709. The molecule has 0 aliphatic heterocycles. The zero-order valence-corrected chi connectivity index (χ0v) is 12.9. The Hall–Kier alpha value is -2.14. The van der Waals surface area contributed by atoms with Gasteiger partial charge in [-0.05, 0) is 17.7 Å². The topological polar surface area (TPSA) is 60.4 Å². The maximum Gasteiger partial charge on any atom is 0.303 e. The monoisotopic (exact) mass is 316 g/mol. The number of rotatable bonds is 6. The van der Waals surface area contributed by atoms with Crippen LogP contribution in [0.2, 0.25) is 0 Å². The van der Waals surface area contributed by atoms with Gasteiger partial charge in [-0.15, -0.1) is 0 Å². The standard InChI is InChI=1S/C17H16O4S/c1-14(18)21-17(15-8-4-2-5-9-15)12-13-22(19,20)16-10-6-3-7-11-16/h2-13,17H,1H3. The van der Waals surface area contributed by atoms with Crippen LogP contribution in [0.25, 0.3) is 0 Å². The molecule has 1 atom stereocenters. The third kappa shape index (κ3) is 4.43. The van der Waals surface area contributed by atoms with E-state index in [4.69, 9.17) is 4.74 Å². The van der Waals surface area contributed by atoms with Crippen LogP contribution in [0.15, 0.2) is 65.6 Å². The van der Waals surface area contributed by atoms with Gasteiger partial charge in [0.25, 0.3) is 0 Å². The van der Waals surface area contributed by atoms with Crippen LogP contribution >= 0.6 is 0 Å². The highest BCUT2D eigenvalue weighted by Crippen LogP contribution is 2.25. The van der Waals surface area contributed by atoms with E-state index < -0.39 is 21.9 Å². The van der Waals surface area contributed by atoms with Gasteiger partial charge < -0.3 is 4.74 Å². The fourth-order valence-corrected chi connectivity index (χ4v) is 2.95. The fraction of sp³-hybridized carbons (Fsp3) is 0.118. The Kier molecular flexibility index (Phi) is 5.33. The summed E-state index contributed by atoms with van der Waals surface area (Å²) in [4.78, 5) is 11.4. The molecular formula is C17H16O4S. The van der Waals surface area contributed by atoms with Crippen molar-refractivity contribution >= 4 is 15.8 Å². The molecule has 0 fully saturated rings. The number of esters is 1. The minimum atomic E-state index is -3.57. The number of hydrogen-bond donors (Lipinski definition) is 0. The molecule has 0 aromatic heterocycles. The highest BCUT2D eigenvalue weighted by molar-refractivity contribution is 7.93. The van der Waals surface area contributed by atoms with Crippen molar-refractivity contribution < 1.29 is 17.9 Å². The highest BCUT2D eigenvalue weighted by atomic mass is 32.2. The first kappa shape index (κ1) is 16.2. The molecule has 0 saturated heterocycles. The quantitative estimate of drug-likeness (QED) is 0.768. The Labute approximate surface area is 130 Å². The van der Waals surface area contributed by atoms with Crippen molar-refractivity contribution in [3.8, 4) is 0 Å². The van der Waals surface area contributed by atoms with Crippen LogP contribution in [0.1, 0.15) is 18.6 Å². The van der Waals surface area contributed by atoms with Gasteiger partial charge in [-0.25, -0.2) is 8.42 Å². The van der Waals surface area contributed by atoms with Crippen LogP contribution in [0.5, 0.6) is 0 Å².